The van der Waals surface area contributed by atoms with E-state index in [-0.39, 0.29) is 30.8 Å². The lowest BCUT2D eigenvalue weighted by molar-refractivity contribution is -0.125. The Morgan fingerprint density at radius 2 is 2.17 bits per heavy atom. The summed E-state index contributed by atoms with van der Waals surface area (Å²) in [6.07, 6.45) is 3.84. The second-order valence-electron chi connectivity index (χ2n) is 6.14. The molecule has 2 amide bonds. The number of nitrogens with one attached hydrogen (secondary N) is 1. The summed E-state index contributed by atoms with van der Waals surface area (Å²) in [5, 5.41) is 2.89. The molecule has 1 fully saturated rings. The first-order valence-electron chi connectivity index (χ1n) is 8.64. The Hall–Kier alpha value is -1.53. The number of hydrogen-bond donors (Lipinski definition) is 1. The number of carbonyl (C=O) groups excluding carboxylic acids is 2. The van der Waals surface area contributed by atoms with Gasteiger partial charge in [-0.05, 0) is 31.4 Å². The first-order valence-corrected chi connectivity index (χ1v) is 9.63. The van der Waals surface area contributed by atoms with Gasteiger partial charge < -0.3 is 15.0 Å². The summed E-state index contributed by atoms with van der Waals surface area (Å²) in [4.78, 5) is 27.3. The highest BCUT2D eigenvalue weighted by Crippen LogP contribution is 2.34. The van der Waals surface area contributed by atoms with Crippen LogP contribution >= 0.6 is 11.8 Å². The fraction of sp³-hybridized carbons (Fsp3) is 0.556. The number of amides is 2. The van der Waals surface area contributed by atoms with Crippen LogP contribution in [0.3, 0.4) is 0 Å². The first-order chi connectivity index (χ1) is 11.7. The van der Waals surface area contributed by atoms with Crippen molar-refractivity contribution in [2.24, 2.45) is 0 Å². The van der Waals surface area contributed by atoms with Crippen molar-refractivity contribution in [3.63, 3.8) is 0 Å². The number of thioether (sulfide) groups is 1. The fourth-order valence-corrected chi connectivity index (χ4v) is 4.11. The molecule has 0 radical (unpaired) electrons. The lowest BCUT2D eigenvalue weighted by Crippen LogP contribution is -2.36. The quantitative estimate of drug-likeness (QED) is 0.858. The van der Waals surface area contributed by atoms with E-state index in [1.165, 1.54) is 0 Å². The Bertz CT molecular complexity index is 587. The third-order valence-electron chi connectivity index (χ3n) is 4.41. The lowest BCUT2D eigenvalue weighted by Gasteiger charge is -2.29. The highest BCUT2D eigenvalue weighted by Gasteiger charge is 2.23. The third-order valence-corrected chi connectivity index (χ3v) is 5.45. The summed E-state index contributed by atoms with van der Waals surface area (Å²) < 4.78 is 5.53. The largest absolute Gasteiger partial charge is 0.378 e. The number of anilines is 1. The highest BCUT2D eigenvalue weighted by molar-refractivity contribution is 7.99. The van der Waals surface area contributed by atoms with Crippen molar-refractivity contribution in [2.75, 3.05) is 30.3 Å². The molecule has 1 N–H and O–H groups in total. The average molecular weight is 348 g/mol. The SMILES string of the molecule is O=C(CCC(=O)N1CCSc2ccccc21)NCC[C@H]1CCCO1. The van der Waals surface area contributed by atoms with E-state index in [9.17, 15) is 9.59 Å². The van der Waals surface area contributed by atoms with E-state index in [1.807, 2.05) is 29.2 Å². The molecule has 6 heteroatoms. The molecule has 0 saturated carbocycles. The molecule has 1 aromatic carbocycles. The van der Waals surface area contributed by atoms with Crippen LogP contribution in [-0.4, -0.2) is 43.4 Å². The monoisotopic (exact) mass is 348 g/mol. The van der Waals surface area contributed by atoms with Gasteiger partial charge in [-0.1, -0.05) is 12.1 Å². The molecule has 5 nitrogen and oxygen atoms in total. The molecular weight excluding hydrogens is 324 g/mol. The number of nitrogens with zero attached hydrogens (tertiary/aromatic N) is 1. The molecule has 2 heterocycles. The van der Waals surface area contributed by atoms with E-state index >= 15 is 0 Å². The molecular formula is C18H24N2O3S. The minimum Gasteiger partial charge on any atom is -0.378 e. The van der Waals surface area contributed by atoms with Crippen molar-refractivity contribution in [2.45, 2.75) is 43.1 Å². The summed E-state index contributed by atoms with van der Waals surface area (Å²) in [7, 11) is 0. The Kier molecular flexibility index (Phi) is 6.15. The van der Waals surface area contributed by atoms with Gasteiger partial charge in [0.05, 0.1) is 11.8 Å². The molecule has 0 unspecified atom stereocenters. The second kappa shape index (κ2) is 8.53. The Balaban J connectivity index is 1.41. The fourth-order valence-electron chi connectivity index (χ4n) is 3.12. The normalized spacial score (nSPS) is 19.8. The van der Waals surface area contributed by atoms with Gasteiger partial charge in [0, 0.05) is 43.2 Å². The minimum absolute atomic E-state index is 0.0250. The second-order valence-corrected chi connectivity index (χ2v) is 7.27. The van der Waals surface area contributed by atoms with Crippen molar-refractivity contribution in [3.05, 3.63) is 24.3 Å². The van der Waals surface area contributed by atoms with E-state index in [4.69, 9.17) is 4.74 Å². The van der Waals surface area contributed by atoms with Crippen LogP contribution in [0.25, 0.3) is 0 Å². The molecule has 1 atom stereocenters. The molecule has 2 aliphatic heterocycles. The first kappa shape index (κ1) is 17.3. The number of benzene rings is 1. The number of hydrogen-bond acceptors (Lipinski definition) is 4. The minimum atomic E-state index is -0.0546. The maximum atomic E-state index is 12.5. The van der Waals surface area contributed by atoms with Crippen molar-refractivity contribution in [3.8, 4) is 0 Å². The smallest absolute Gasteiger partial charge is 0.227 e. The average Bonchev–Trinajstić information content (AvgIpc) is 3.12. The zero-order chi connectivity index (χ0) is 16.8. The van der Waals surface area contributed by atoms with Crippen LogP contribution in [0.1, 0.15) is 32.1 Å². The van der Waals surface area contributed by atoms with Crippen LogP contribution < -0.4 is 10.2 Å². The molecule has 130 valence electrons. The zero-order valence-electron chi connectivity index (χ0n) is 13.8. The zero-order valence-corrected chi connectivity index (χ0v) is 14.6. The lowest BCUT2D eigenvalue weighted by atomic mass is 10.2. The summed E-state index contributed by atoms with van der Waals surface area (Å²) >= 11 is 1.77. The predicted molar refractivity (Wildman–Crippen MR) is 95.4 cm³/mol. The van der Waals surface area contributed by atoms with Gasteiger partial charge in [0.1, 0.15) is 0 Å². The summed E-state index contributed by atoms with van der Waals surface area (Å²) in [5.74, 6) is 0.870. The van der Waals surface area contributed by atoms with Gasteiger partial charge in [-0.15, -0.1) is 11.8 Å². The van der Waals surface area contributed by atoms with Crippen LogP contribution in [0.2, 0.25) is 0 Å². The summed E-state index contributed by atoms with van der Waals surface area (Å²) in [6, 6.07) is 7.95. The summed E-state index contributed by atoms with van der Waals surface area (Å²) in [5.41, 5.74) is 0.970. The van der Waals surface area contributed by atoms with Crippen molar-refractivity contribution < 1.29 is 14.3 Å². The van der Waals surface area contributed by atoms with Gasteiger partial charge in [-0.25, -0.2) is 0 Å². The van der Waals surface area contributed by atoms with Crippen LogP contribution in [0, 0.1) is 0 Å². The molecule has 2 aliphatic rings. The molecule has 3 rings (SSSR count). The maximum absolute atomic E-state index is 12.5. The van der Waals surface area contributed by atoms with Gasteiger partial charge in [-0.2, -0.15) is 0 Å². The molecule has 0 bridgehead atoms. The van der Waals surface area contributed by atoms with Crippen LogP contribution in [0.4, 0.5) is 5.69 Å². The van der Waals surface area contributed by atoms with Gasteiger partial charge in [-0.3, -0.25) is 9.59 Å². The molecule has 24 heavy (non-hydrogen) atoms. The summed E-state index contributed by atoms with van der Waals surface area (Å²) in [6.45, 7) is 2.17. The molecule has 0 aliphatic carbocycles. The van der Waals surface area contributed by atoms with Gasteiger partial charge in [0.2, 0.25) is 11.8 Å². The Morgan fingerprint density at radius 1 is 1.29 bits per heavy atom. The van der Waals surface area contributed by atoms with E-state index < -0.39 is 0 Å². The standard InChI is InChI=1S/C18H24N2O3S/c21-17(19-10-9-14-4-3-12-23-14)7-8-18(22)20-11-13-24-16-6-2-1-5-15(16)20/h1-2,5-6,14H,3-4,7-13H2,(H,19,21)/t14-/m1/s1. The number of ether oxygens (including phenoxy) is 1. The Morgan fingerprint density at radius 3 is 3.00 bits per heavy atom. The molecule has 0 spiro atoms. The number of rotatable bonds is 6. The van der Waals surface area contributed by atoms with Gasteiger partial charge in [0.15, 0.2) is 0 Å². The highest BCUT2D eigenvalue weighted by atomic mass is 32.2. The van der Waals surface area contributed by atoms with Gasteiger partial charge in [0.25, 0.3) is 0 Å². The predicted octanol–water partition coefficient (Wildman–Crippen LogP) is 2.59. The molecule has 0 aromatic heterocycles. The van der Waals surface area contributed by atoms with Crippen molar-refractivity contribution >= 4 is 29.3 Å². The number of fused-ring (bicyclic) bond motifs is 1. The maximum Gasteiger partial charge on any atom is 0.227 e. The van der Waals surface area contributed by atoms with Gasteiger partial charge >= 0.3 is 0 Å². The number of para-hydroxylation sites is 1. The molecule has 1 saturated heterocycles. The third kappa shape index (κ3) is 4.51. The number of carbonyl (C=O) groups is 2. The van der Waals surface area contributed by atoms with E-state index in [0.29, 0.717) is 13.1 Å². The van der Waals surface area contributed by atoms with Crippen LogP contribution in [-0.2, 0) is 14.3 Å². The van der Waals surface area contributed by atoms with E-state index in [2.05, 4.69) is 5.32 Å². The topological polar surface area (TPSA) is 58.6 Å². The van der Waals surface area contributed by atoms with Crippen molar-refractivity contribution in [1.82, 2.24) is 5.32 Å². The van der Waals surface area contributed by atoms with Crippen LogP contribution in [0.5, 0.6) is 0 Å². The van der Waals surface area contributed by atoms with E-state index in [1.54, 1.807) is 11.8 Å². The Labute approximate surface area is 147 Å². The van der Waals surface area contributed by atoms with Crippen molar-refractivity contribution in [1.29, 1.82) is 0 Å². The van der Waals surface area contributed by atoms with Crippen LogP contribution in [0.15, 0.2) is 29.2 Å². The molecule has 1 aromatic rings. The van der Waals surface area contributed by atoms with E-state index in [0.717, 1.165) is 42.2 Å².